The molecular weight excluding hydrogens is 608 g/mol. The van der Waals surface area contributed by atoms with Gasteiger partial charge in [-0.05, 0) is 118 Å². The van der Waals surface area contributed by atoms with Crippen molar-refractivity contribution >= 4 is 128 Å². The van der Waals surface area contributed by atoms with Gasteiger partial charge < -0.3 is 0 Å². The van der Waals surface area contributed by atoms with Crippen LogP contribution < -0.4 is 0 Å². The maximum atomic E-state index is 3.89. The van der Waals surface area contributed by atoms with Gasteiger partial charge in [0.15, 0.2) is 0 Å². The van der Waals surface area contributed by atoms with Gasteiger partial charge >= 0.3 is 0 Å². The molecular formula is C24H8Br4. The minimum atomic E-state index is 1.09. The number of benzene rings is 7. The summed E-state index contributed by atoms with van der Waals surface area (Å²) in [5, 5.41) is 15.7. The molecule has 4 heteroatoms. The average molecular weight is 616 g/mol. The van der Waals surface area contributed by atoms with Crippen LogP contribution in [-0.2, 0) is 0 Å². The fraction of sp³-hybridized carbons (Fsp3) is 0. The second-order valence-corrected chi connectivity index (χ2v) is 10.6. The van der Waals surface area contributed by atoms with Crippen molar-refractivity contribution in [2.75, 3.05) is 0 Å². The summed E-state index contributed by atoms with van der Waals surface area (Å²) in [6.07, 6.45) is 0. The molecule has 0 nitrogen and oxygen atoms in total. The van der Waals surface area contributed by atoms with Crippen molar-refractivity contribution in [1.82, 2.24) is 0 Å². The monoisotopic (exact) mass is 612 g/mol. The molecule has 0 radical (unpaired) electrons. The quantitative estimate of drug-likeness (QED) is 0.118. The largest absolute Gasteiger partial charge is 0.0537 e. The zero-order valence-electron chi connectivity index (χ0n) is 14.1. The lowest BCUT2D eigenvalue weighted by atomic mass is 9.83. The molecule has 0 aliphatic heterocycles. The van der Waals surface area contributed by atoms with Gasteiger partial charge in [-0.2, -0.15) is 0 Å². The van der Waals surface area contributed by atoms with Crippen LogP contribution in [0.1, 0.15) is 0 Å². The minimum Gasteiger partial charge on any atom is -0.0537 e. The Morgan fingerprint density at radius 1 is 0.321 bits per heavy atom. The lowest BCUT2D eigenvalue weighted by molar-refractivity contribution is 1.68. The van der Waals surface area contributed by atoms with Gasteiger partial charge in [-0.3, -0.25) is 0 Å². The molecule has 0 spiro atoms. The van der Waals surface area contributed by atoms with E-state index in [9.17, 15) is 0 Å². The van der Waals surface area contributed by atoms with Crippen LogP contribution in [0.4, 0.5) is 0 Å². The predicted octanol–water partition coefficient (Wildman–Crippen LogP) is 9.97. The van der Waals surface area contributed by atoms with Crippen LogP contribution in [0.5, 0.6) is 0 Å². The Labute approximate surface area is 193 Å². The van der Waals surface area contributed by atoms with E-state index >= 15 is 0 Å². The number of rotatable bonds is 0. The Kier molecular flexibility index (Phi) is 3.13. The van der Waals surface area contributed by atoms with Crippen LogP contribution in [0.3, 0.4) is 0 Å². The smallest absolute Gasteiger partial charge is 0.0414 e. The molecule has 0 amide bonds. The summed E-state index contributed by atoms with van der Waals surface area (Å²) < 4.78 is 4.39. The Hall–Kier alpha value is -1.20. The van der Waals surface area contributed by atoms with Crippen LogP contribution in [0.25, 0.3) is 64.6 Å². The lowest BCUT2D eigenvalue weighted by Gasteiger charge is -2.23. The first-order chi connectivity index (χ1) is 13.6. The van der Waals surface area contributed by atoms with Crippen LogP contribution >= 0.6 is 63.7 Å². The third-order valence-corrected chi connectivity index (χ3v) is 10.5. The van der Waals surface area contributed by atoms with Crippen molar-refractivity contribution < 1.29 is 0 Å². The minimum absolute atomic E-state index is 1.09. The van der Waals surface area contributed by atoms with Crippen molar-refractivity contribution in [2.45, 2.75) is 0 Å². The summed E-state index contributed by atoms with van der Waals surface area (Å²) in [6.45, 7) is 0. The number of hydrogen-bond acceptors (Lipinski definition) is 0. The van der Waals surface area contributed by atoms with Gasteiger partial charge in [-0.25, -0.2) is 0 Å². The Morgan fingerprint density at radius 3 is 1.11 bits per heavy atom. The normalized spacial score (nSPS) is 13.0. The first-order valence-corrected chi connectivity index (χ1v) is 12.1. The molecule has 0 atom stereocenters. The maximum absolute atomic E-state index is 3.89. The molecule has 7 aromatic carbocycles. The van der Waals surface area contributed by atoms with Crippen molar-refractivity contribution in [3.63, 3.8) is 0 Å². The standard InChI is InChI=1S/C24H8Br4/c25-21-12-7-5-10-3-1-9-2-4-11-6-8-13-18-16(11)14(9)15(10)17(12)19(18)20(23(21)27)24(28)22(13)26/h1-8H. The predicted molar refractivity (Wildman–Crippen MR) is 136 cm³/mol. The molecule has 0 aromatic heterocycles. The lowest BCUT2D eigenvalue weighted by Crippen LogP contribution is -1.95. The summed E-state index contributed by atoms with van der Waals surface area (Å²) in [6, 6.07) is 18.0. The zero-order chi connectivity index (χ0) is 18.9. The van der Waals surface area contributed by atoms with Gasteiger partial charge in [0, 0.05) is 28.7 Å². The zero-order valence-corrected chi connectivity index (χ0v) is 20.5. The van der Waals surface area contributed by atoms with E-state index in [1.54, 1.807) is 0 Å². The van der Waals surface area contributed by atoms with E-state index in [1.165, 1.54) is 64.6 Å². The Balaban J connectivity index is 2.10. The van der Waals surface area contributed by atoms with Gasteiger partial charge in [-0.15, -0.1) is 0 Å². The maximum Gasteiger partial charge on any atom is 0.0414 e. The number of halogens is 4. The molecule has 0 saturated heterocycles. The van der Waals surface area contributed by atoms with E-state index in [0.717, 1.165) is 17.9 Å². The Bertz CT molecular complexity index is 1620. The van der Waals surface area contributed by atoms with Crippen LogP contribution in [0.15, 0.2) is 66.4 Å². The fourth-order valence-corrected chi connectivity index (χ4v) is 7.62. The highest BCUT2D eigenvalue weighted by molar-refractivity contribution is 9.14. The third kappa shape index (κ3) is 1.70. The summed E-state index contributed by atoms with van der Waals surface area (Å²) in [7, 11) is 0. The van der Waals surface area contributed by atoms with Gasteiger partial charge in [0.2, 0.25) is 0 Å². The third-order valence-electron chi connectivity index (χ3n) is 6.20. The van der Waals surface area contributed by atoms with Crippen molar-refractivity contribution in [2.24, 2.45) is 0 Å². The summed E-state index contributed by atoms with van der Waals surface area (Å²) in [4.78, 5) is 0. The van der Waals surface area contributed by atoms with Gasteiger partial charge in [0.1, 0.15) is 0 Å². The molecule has 0 fully saturated rings. The summed E-state index contributed by atoms with van der Waals surface area (Å²) in [5.41, 5.74) is 0. The van der Waals surface area contributed by atoms with E-state index in [4.69, 9.17) is 0 Å². The fourth-order valence-electron chi connectivity index (χ4n) is 5.08. The number of hydrogen-bond donors (Lipinski definition) is 0. The highest BCUT2D eigenvalue weighted by Crippen LogP contribution is 2.55. The summed E-state index contributed by atoms with van der Waals surface area (Å²) in [5.74, 6) is 0. The molecule has 0 unspecified atom stereocenters. The van der Waals surface area contributed by atoms with Crippen LogP contribution in [0.2, 0.25) is 0 Å². The topological polar surface area (TPSA) is 0 Å². The highest BCUT2D eigenvalue weighted by atomic mass is 79.9. The molecule has 0 heterocycles. The van der Waals surface area contributed by atoms with Crippen molar-refractivity contribution in [3.8, 4) is 0 Å². The van der Waals surface area contributed by atoms with E-state index in [-0.39, 0.29) is 0 Å². The molecule has 0 N–H and O–H groups in total. The molecule has 0 bridgehead atoms. The van der Waals surface area contributed by atoms with E-state index in [2.05, 4.69) is 112 Å². The first-order valence-electron chi connectivity index (χ1n) is 8.90. The molecule has 132 valence electrons. The van der Waals surface area contributed by atoms with E-state index in [0.29, 0.717) is 0 Å². The molecule has 7 rings (SSSR count). The van der Waals surface area contributed by atoms with Gasteiger partial charge in [0.05, 0.1) is 0 Å². The van der Waals surface area contributed by atoms with Crippen molar-refractivity contribution in [3.05, 3.63) is 66.4 Å². The molecule has 0 saturated carbocycles. The summed E-state index contributed by atoms with van der Waals surface area (Å²) >= 11 is 15.5. The SMILES string of the molecule is Brc1c(Br)c2c(Br)c(Br)c3ccc4ccc5ccc6ccc1c1c6c5c4c3c21. The molecule has 0 aliphatic carbocycles. The molecule has 7 aromatic rings. The van der Waals surface area contributed by atoms with Crippen LogP contribution in [-0.4, -0.2) is 0 Å². The first kappa shape index (κ1) is 16.6. The second-order valence-electron chi connectivity index (χ2n) is 7.41. The van der Waals surface area contributed by atoms with Crippen LogP contribution in [0, 0.1) is 0 Å². The molecule has 0 aliphatic rings. The van der Waals surface area contributed by atoms with Gasteiger partial charge in [-0.1, -0.05) is 48.5 Å². The highest BCUT2D eigenvalue weighted by Gasteiger charge is 2.25. The van der Waals surface area contributed by atoms with E-state index in [1.807, 2.05) is 0 Å². The van der Waals surface area contributed by atoms with E-state index < -0.39 is 0 Å². The average Bonchev–Trinajstić information content (AvgIpc) is 2.72. The van der Waals surface area contributed by atoms with Gasteiger partial charge in [0.25, 0.3) is 0 Å². The Morgan fingerprint density at radius 2 is 0.679 bits per heavy atom. The molecule has 28 heavy (non-hydrogen) atoms. The van der Waals surface area contributed by atoms with Crippen molar-refractivity contribution in [1.29, 1.82) is 0 Å². The second kappa shape index (κ2) is 5.28.